The third-order valence-corrected chi connectivity index (χ3v) is 4.88. The Morgan fingerprint density at radius 1 is 0.900 bits per heavy atom. The van der Waals surface area contributed by atoms with Crippen LogP contribution < -0.4 is 0 Å². The third kappa shape index (κ3) is 2.09. The molecule has 2 bridgehead atoms. The van der Waals surface area contributed by atoms with Crippen molar-refractivity contribution >= 4 is 11.9 Å². The minimum atomic E-state index is -0.949. The zero-order valence-electron chi connectivity index (χ0n) is 11.3. The van der Waals surface area contributed by atoms with Crippen LogP contribution in [-0.4, -0.2) is 22.2 Å². The van der Waals surface area contributed by atoms with Crippen LogP contribution in [0.3, 0.4) is 0 Å². The van der Waals surface area contributed by atoms with Gasteiger partial charge in [0.05, 0.1) is 11.1 Å². The number of hydrogen-bond donors (Lipinski definition) is 2. The van der Waals surface area contributed by atoms with E-state index >= 15 is 0 Å². The number of carboxylic acid groups (broad SMARTS) is 2. The van der Waals surface area contributed by atoms with E-state index < -0.39 is 11.9 Å². The minimum Gasteiger partial charge on any atom is -0.478 e. The molecule has 20 heavy (non-hydrogen) atoms. The van der Waals surface area contributed by atoms with Crippen LogP contribution in [0.2, 0.25) is 0 Å². The molecule has 1 aromatic carbocycles. The Labute approximate surface area is 117 Å². The minimum absolute atomic E-state index is 0.215. The van der Waals surface area contributed by atoms with Crippen LogP contribution in [0.15, 0.2) is 12.1 Å². The van der Waals surface area contributed by atoms with Crippen molar-refractivity contribution in [2.75, 3.05) is 0 Å². The summed E-state index contributed by atoms with van der Waals surface area (Å²) in [7, 11) is 0. The maximum absolute atomic E-state index is 11.5. The van der Waals surface area contributed by atoms with Crippen molar-refractivity contribution in [3.05, 3.63) is 34.4 Å². The largest absolute Gasteiger partial charge is 0.478 e. The smallest absolute Gasteiger partial charge is 0.335 e. The summed E-state index contributed by atoms with van der Waals surface area (Å²) in [5.41, 5.74) is 2.16. The molecular formula is C16H18O4. The lowest BCUT2D eigenvalue weighted by Crippen LogP contribution is -2.23. The second-order valence-corrected chi connectivity index (χ2v) is 5.92. The van der Waals surface area contributed by atoms with E-state index in [0.29, 0.717) is 17.9 Å². The number of hydrogen-bond acceptors (Lipinski definition) is 2. The van der Waals surface area contributed by atoms with Crippen molar-refractivity contribution in [2.24, 2.45) is 5.92 Å². The van der Waals surface area contributed by atoms with E-state index in [1.165, 1.54) is 12.1 Å². The van der Waals surface area contributed by atoms with E-state index in [1.807, 2.05) is 0 Å². The molecule has 4 nitrogen and oxygen atoms in total. The molecule has 3 aliphatic rings. The van der Waals surface area contributed by atoms with Crippen molar-refractivity contribution in [1.82, 2.24) is 0 Å². The SMILES string of the molecule is O=C(O)c1ccc(C(=O)O)c2c1CCC1CCC2CC1. The topological polar surface area (TPSA) is 74.6 Å². The van der Waals surface area contributed by atoms with Crippen LogP contribution in [0.5, 0.6) is 0 Å². The second kappa shape index (κ2) is 4.93. The van der Waals surface area contributed by atoms with Crippen LogP contribution in [0.25, 0.3) is 0 Å². The Kier molecular flexibility index (Phi) is 3.24. The van der Waals surface area contributed by atoms with E-state index in [9.17, 15) is 19.8 Å². The van der Waals surface area contributed by atoms with Gasteiger partial charge in [0, 0.05) is 0 Å². The molecule has 0 amide bonds. The first-order valence-corrected chi connectivity index (χ1v) is 7.20. The number of fused-ring (bicyclic) bond motifs is 3. The lowest BCUT2D eigenvalue weighted by Gasteiger charge is -2.34. The fraction of sp³-hybridized carbons (Fsp3) is 0.500. The highest BCUT2D eigenvalue weighted by atomic mass is 16.4. The highest BCUT2D eigenvalue weighted by Crippen LogP contribution is 2.44. The zero-order valence-corrected chi connectivity index (χ0v) is 11.3. The molecule has 4 heteroatoms. The summed E-state index contributed by atoms with van der Waals surface area (Å²) in [5, 5.41) is 18.8. The number of benzene rings is 1. The average molecular weight is 274 g/mol. The van der Waals surface area contributed by atoms with Crippen LogP contribution in [-0.2, 0) is 6.42 Å². The van der Waals surface area contributed by atoms with Gasteiger partial charge in [-0.1, -0.05) is 0 Å². The summed E-state index contributed by atoms with van der Waals surface area (Å²) in [4.78, 5) is 22.9. The highest BCUT2D eigenvalue weighted by molar-refractivity contribution is 5.95. The quantitative estimate of drug-likeness (QED) is 0.867. The first kappa shape index (κ1) is 13.2. The molecule has 0 heterocycles. The standard InChI is InChI=1S/C16H18O4/c17-15(18)12-7-8-13(16(19)20)14-10-4-1-9(2-5-10)3-6-11(12)14/h7-10H,1-6H2,(H,17,18)(H,19,20). The van der Waals surface area contributed by atoms with Crippen LogP contribution in [0, 0.1) is 5.92 Å². The maximum Gasteiger partial charge on any atom is 0.335 e. The van der Waals surface area contributed by atoms with E-state index in [1.54, 1.807) is 0 Å². The molecule has 106 valence electrons. The van der Waals surface area contributed by atoms with Crippen molar-refractivity contribution in [3.63, 3.8) is 0 Å². The van der Waals surface area contributed by atoms with Gasteiger partial charge in [-0.3, -0.25) is 0 Å². The summed E-state index contributed by atoms with van der Waals surface area (Å²) >= 11 is 0. The molecule has 2 N–H and O–H groups in total. The lowest BCUT2D eigenvalue weighted by molar-refractivity contribution is 0.0677. The van der Waals surface area contributed by atoms with E-state index in [-0.39, 0.29) is 11.5 Å². The van der Waals surface area contributed by atoms with Gasteiger partial charge in [-0.05, 0) is 73.6 Å². The van der Waals surface area contributed by atoms with Gasteiger partial charge >= 0.3 is 11.9 Å². The Balaban J connectivity index is 2.22. The van der Waals surface area contributed by atoms with Crippen LogP contribution in [0.1, 0.15) is 69.9 Å². The Morgan fingerprint density at radius 3 is 2.10 bits per heavy atom. The van der Waals surface area contributed by atoms with Crippen LogP contribution in [0.4, 0.5) is 0 Å². The number of aromatic carboxylic acids is 2. The zero-order chi connectivity index (χ0) is 14.3. The first-order valence-electron chi connectivity index (χ1n) is 7.20. The second-order valence-electron chi connectivity index (χ2n) is 5.92. The predicted molar refractivity (Wildman–Crippen MR) is 73.4 cm³/mol. The third-order valence-electron chi connectivity index (χ3n) is 4.88. The maximum atomic E-state index is 11.5. The van der Waals surface area contributed by atoms with Crippen LogP contribution >= 0.6 is 0 Å². The van der Waals surface area contributed by atoms with Crippen molar-refractivity contribution < 1.29 is 19.8 Å². The summed E-state index contributed by atoms with van der Waals surface area (Å²) in [6.07, 6.45) is 5.92. The number of carboxylic acids is 2. The normalized spacial score (nSPS) is 24.6. The van der Waals surface area contributed by atoms with Gasteiger partial charge in [0.1, 0.15) is 0 Å². The van der Waals surface area contributed by atoms with E-state index in [0.717, 1.165) is 43.2 Å². The average Bonchev–Trinajstić information content (AvgIpc) is 2.40. The van der Waals surface area contributed by atoms with Crippen molar-refractivity contribution in [2.45, 2.75) is 44.4 Å². The molecule has 0 unspecified atom stereocenters. The van der Waals surface area contributed by atoms with Gasteiger partial charge in [-0.25, -0.2) is 9.59 Å². The molecule has 1 fully saturated rings. The molecule has 0 atom stereocenters. The number of rotatable bonds is 2. The molecule has 0 spiro atoms. The summed E-state index contributed by atoms with van der Waals surface area (Å²) in [6, 6.07) is 2.93. The summed E-state index contributed by atoms with van der Waals surface area (Å²) in [6.45, 7) is 0. The molecule has 0 aliphatic heterocycles. The van der Waals surface area contributed by atoms with Gasteiger partial charge in [-0.15, -0.1) is 0 Å². The summed E-state index contributed by atoms with van der Waals surface area (Å²) in [5.74, 6) is -1.00. The molecule has 0 radical (unpaired) electrons. The lowest BCUT2D eigenvalue weighted by atomic mass is 9.70. The molecule has 0 saturated heterocycles. The van der Waals surface area contributed by atoms with Crippen molar-refractivity contribution in [1.29, 1.82) is 0 Å². The van der Waals surface area contributed by atoms with Gasteiger partial charge < -0.3 is 10.2 Å². The van der Waals surface area contributed by atoms with E-state index in [4.69, 9.17) is 0 Å². The molecule has 1 aromatic rings. The molecule has 4 rings (SSSR count). The number of carbonyl (C=O) groups is 2. The Hall–Kier alpha value is -1.84. The Bertz CT molecular complexity index is 568. The fourth-order valence-corrected chi connectivity index (χ4v) is 3.88. The van der Waals surface area contributed by atoms with Gasteiger partial charge in [0.25, 0.3) is 0 Å². The molecule has 1 saturated carbocycles. The monoisotopic (exact) mass is 274 g/mol. The van der Waals surface area contributed by atoms with Gasteiger partial charge in [-0.2, -0.15) is 0 Å². The molecule has 0 aromatic heterocycles. The predicted octanol–water partition coefficient (Wildman–Crippen LogP) is 3.30. The highest BCUT2D eigenvalue weighted by Gasteiger charge is 2.32. The van der Waals surface area contributed by atoms with E-state index in [2.05, 4.69) is 0 Å². The molecular weight excluding hydrogens is 256 g/mol. The molecule has 3 aliphatic carbocycles. The fourth-order valence-electron chi connectivity index (χ4n) is 3.88. The van der Waals surface area contributed by atoms with Crippen molar-refractivity contribution in [3.8, 4) is 0 Å². The van der Waals surface area contributed by atoms with Gasteiger partial charge in [0.15, 0.2) is 0 Å². The van der Waals surface area contributed by atoms with Gasteiger partial charge in [0.2, 0.25) is 0 Å². The summed E-state index contributed by atoms with van der Waals surface area (Å²) < 4.78 is 0. The Morgan fingerprint density at radius 2 is 1.50 bits per heavy atom. The first-order chi connectivity index (χ1) is 9.58.